The van der Waals surface area contributed by atoms with E-state index >= 15 is 0 Å². The zero-order chi connectivity index (χ0) is 9.97. The summed E-state index contributed by atoms with van der Waals surface area (Å²) in [6.07, 6.45) is 0.0590. The number of hydrogen-bond donors (Lipinski definition) is 1. The number of benzene rings is 1. The van der Waals surface area contributed by atoms with Gasteiger partial charge in [0.25, 0.3) is 0 Å². The van der Waals surface area contributed by atoms with Crippen LogP contribution in [0.5, 0.6) is 0 Å². The van der Waals surface area contributed by atoms with E-state index in [1.54, 1.807) is 0 Å². The number of nitrogens with one attached hydrogen (secondary N) is 1. The van der Waals surface area contributed by atoms with Gasteiger partial charge in [0.15, 0.2) is 0 Å². The topological polar surface area (TPSA) is 21.3 Å². The molecular weight excluding hydrogens is 242 g/mol. The second kappa shape index (κ2) is 4.43. The van der Waals surface area contributed by atoms with E-state index in [1.165, 1.54) is 5.56 Å². The molecule has 0 saturated carbocycles. The third-order valence-electron chi connectivity index (χ3n) is 2.35. The second-order valence-electron chi connectivity index (χ2n) is 3.78. The molecule has 1 aromatic carbocycles. The van der Waals surface area contributed by atoms with E-state index in [1.807, 2.05) is 12.1 Å². The molecular formula is C11H14BrNO. The maximum atomic E-state index is 5.70. The Bertz CT molecular complexity index is 308. The Balaban J connectivity index is 2.08. The van der Waals surface area contributed by atoms with Gasteiger partial charge in [-0.05, 0) is 23.6 Å². The zero-order valence-electron chi connectivity index (χ0n) is 8.16. The summed E-state index contributed by atoms with van der Waals surface area (Å²) in [5, 5.41) is 3.37. The molecule has 1 saturated heterocycles. The fourth-order valence-corrected chi connectivity index (χ4v) is 1.99. The number of ether oxygens (including phenoxy) is 1. The first-order valence-electron chi connectivity index (χ1n) is 4.86. The van der Waals surface area contributed by atoms with E-state index in [4.69, 9.17) is 4.74 Å². The minimum Gasteiger partial charge on any atom is -0.359 e. The summed E-state index contributed by atoms with van der Waals surface area (Å²) in [4.78, 5) is 0. The van der Waals surface area contributed by atoms with Crippen molar-refractivity contribution < 1.29 is 4.74 Å². The van der Waals surface area contributed by atoms with Crippen LogP contribution in [0.25, 0.3) is 0 Å². The molecule has 2 atom stereocenters. The molecule has 2 rings (SSSR count). The SMILES string of the molecule is CC1CNC(c2cccc(Br)c2)OC1. The highest BCUT2D eigenvalue weighted by molar-refractivity contribution is 9.10. The first-order chi connectivity index (χ1) is 6.75. The normalized spacial score (nSPS) is 27.6. The van der Waals surface area contributed by atoms with Crippen LogP contribution < -0.4 is 5.32 Å². The number of halogens is 1. The van der Waals surface area contributed by atoms with Crippen LogP contribution in [-0.2, 0) is 4.74 Å². The summed E-state index contributed by atoms with van der Waals surface area (Å²) in [6, 6.07) is 8.23. The smallest absolute Gasteiger partial charge is 0.134 e. The molecule has 2 nitrogen and oxygen atoms in total. The van der Waals surface area contributed by atoms with Gasteiger partial charge in [0.1, 0.15) is 6.23 Å². The summed E-state index contributed by atoms with van der Waals surface area (Å²) >= 11 is 3.46. The van der Waals surface area contributed by atoms with E-state index < -0.39 is 0 Å². The van der Waals surface area contributed by atoms with Crippen molar-refractivity contribution in [2.24, 2.45) is 5.92 Å². The van der Waals surface area contributed by atoms with E-state index in [9.17, 15) is 0 Å². The van der Waals surface area contributed by atoms with Crippen molar-refractivity contribution in [2.45, 2.75) is 13.2 Å². The van der Waals surface area contributed by atoms with E-state index in [0.717, 1.165) is 17.6 Å². The van der Waals surface area contributed by atoms with Crippen molar-refractivity contribution in [1.29, 1.82) is 0 Å². The van der Waals surface area contributed by atoms with Gasteiger partial charge in [-0.15, -0.1) is 0 Å². The molecule has 1 aliphatic heterocycles. The molecule has 0 bridgehead atoms. The molecule has 1 fully saturated rings. The van der Waals surface area contributed by atoms with Crippen LogP contribution in [0.2, 0.25) is 0 Å². The van der Waals surface area contributed by atoms with Crippen LogP contribution in [0, 0.1) is 5.92 Å². The summed E-state index contributed by atoms with van der Waals surface area (Å²) in [6.45, 7) is 4.05. The van der Waals surface area contributed by atoms with Crippen molar-refractivity contribution in [3.8, 4) is 0 Å². The largest absolute Gasteiger partial charge is 0.359 e. The average Bonchev–Trinajstić information content (AvgIpc) is 2.19. The second-order valence-corrected chi connectivity index (χ2v) is 4.70. The maximum Gasteiger partial charge on any atom is 0.134 e. The Hall–Kier alpha value is -0.380. The van der Waals surface area contributed by atoms with Gasteiger partial charge in [-0.3, -0.25) is 5.32 Å². The molecule has 0 spiro atoms. The highest BCUT2D eigenvalue weighted by atomic mass is 79.9. The van der Waals surface area contributed by atoms with E-state index in [-0.39, 0.29) is 6.23 Å². The Morgan fingerprint density at radius 3 is 3.00 bits per heavy atom. The zero-order valence-corrected chi connectivity index (χ0v) is 9.75. The van der Waals surface area contributed by atoms with E-state index in [0.29, 0.717) is 5.92 Å². The fourth-order valence-electron chi connectivity index (χ4n) is 1.57. The minimum atomic E-state index is 0.0590. The lowest BCUT2D eigenvalue weighted by molar-refractivity contribution is -0.0254. The lowest BCUT2D eigenvalue weighted by atomic mass is 10.1. The number of hydrogen-bond acceptors (Lipinski definition) is 2. The first-order valence-corrected chi connectivity index (χ1v) is 5.65. The van der Waals surface area contributed by atoms with Gasteiger partial charge in [0.2, 0.25) is 0 Å². The van der Waals surface area contributed by atoms with Crippen LogP contribution in [-0.4, -0.2) is 13.2 Å². The molecule has 0 aromatic heterocycles. The van der Waals surface area contributed by atoms with Crippen LogP contribution >= 0.6 is 15.9 Å². The third-order valence-corrected chi connectivity index (χ3v) is 2.84. The molecule has 1 aliphatic rings. The minimum absolute atomic E-state index is 0.0590. The van der Waals surface area contributed by atoms with Gasteiger partial charge in [0, 0.05) is 11.0 Å². The van der Waals surface area contributed by atoms with Crippen LogP contribution in [0.15, 0.2) is 28.7 Å². The monoisotopic (exact) mass is 255 g/mol. The lowest BCUT2D eigenvalue weighted by Crippen LogP contribution is -2.36. The van der Waals surface area contributed by atoms with Crippen LogP contribution in [0.1, 0.15) is 18.7 Å². The molecule has 0 radical (unpaired) electrons. The van der Waals surface area contributed by atoms with Crippen molar-refractivity contribution in [2.75, 3.05) is 13.2 Å². The Labute approximate surface area is 92.8 Å². The summed E-state index contributed by atoms with van der Waals surface area (Å²) in [5.74, 6) is 0.610. The van der Waals surface area contributed by atoms with Crippen LogP contribution in [0.4, 0.5) is 0 Å². The van der Waals surface area contributed by atoms with Crippen molar-refractivity contribution in [1.82, 2.24) is 5.32 Å². The molecule has 1 N–H and O–H groups in total. The fraction of sp³-hybridized carbons (Fsp3) is 0.455. The average molecular weight is 256 g/mol. The van der Waals surface area contributed by atoms with Gasteiger partial charge >= 0.3 is 0 Å². The molecule has 14 heavy (non-hydrogen) atoms. The Kier molecular flexibility index (Phi) is 3.21. The predicted octanol–water partition coefficient (Wildman–Crippen LogP) is 2.70. The molecule has 1 aromatic rings. The summed E-state index contributed by atoms with van der Waals surface area (Å²) < 4.78 is 6.80. The summed E-state index contributed by atoms with van der Waals surface area (Å²) in [5.41, 5.74) is 1.19. The Morgan fingerprint density at radius 2 is 2.36 bits per heavy atom. The van der Waals surface area contributed by atoms with Crippen molar-refractivity contribution >= 4 is 15.9 Å². The van der Waals surface area contributed by atoms with Gasteiger partial charge in [0.05, 0.1) is 6.61 Å². The molecule has 2 unspecified atom stereocenters. The number of rotatable bonds is 1. The standard InChI is InChI=1S/C11H14BrNO/c1-8-6-13-11(14-7-8)9-3-2-4-10(12)5-9/h2-5,8,11,13H,6-7H2,1H3. The molecule has 76 valence electrons. The predicted molar refractivity (Wildman–Crippen MR) is 60.0 cm³/mol. The van der Waals surface area contributed by atoms with Gasteiger partial charge in [-0.2, -0.15) is 0 Å². The molecule has 1 heterocycles. The Morgan fingerprint density at radius 1 is 1.50 bits per heavy atom. The highest BCUT2D eigenvalue weighted by Crippen LogP contribution is 2.22. The van der Waals surface area contributed by atoms with E-state index in [2.05, 4.69) is 40.3 Å². The third kappa shape index (κ3) is 2.35. The van der Waals surface area contributed by atoms with Gasteiger partial charge in [-0.25, -0.2) is 0 Å². The summed E-state index contributed by atoms with van der Waals surface area (Å²) in [7, 11) is 0. The maximum absolute atomic E-state index is 5.70. The van der Waals surface area contributed by atoms with Crippen LogP contribution in [0.3, 0.4) is 0 Å². The quantitative estimate of drug-likeness (QED) is 0.834. The van der Waals surface area contributed by atoms with Crippen molar-refractivity contribution in [3.05, 3.63) is 34.3 Å². The first kappa shape index (κ1) is 10.1. The molecule has 3 heteroatoms. The highest BCUT2D eigenvalue weighted by Gasteiger charge is 2.19. The van der Waals surface area contributed by atoms with Gasteiger partial charge < -0.3 is 4.74 Å². The lowest BCUT2D eigenvalue weighted by Gasteiger charge is -2.28. The molecule has 0 aliphatic carbocycles. The van der Waals surface area contributed by atoms with Gasteiger partial charge in [-0.1, -0.05) is 35.0 Å². The molecule has 0 amide bonds. The van der Waals surface area contributed by atoms with Crippen molar-refractivity contribution in [3.63, 3.8) is 0 Å².